The fraction of sp³-hybridized carbons (Fsp3) is 0.333. The molecule has 0 aromatic heterocycles. The molecule has 0 aliphatic carbocycles. The Balaban J connectivity index is 2.45. The molecule has 154 valence electrons. The number of thioether (sulfide) groups is 2. The van der Waals surface area contributed by atoms with E-state index in [2.05, 4.69) is 0 Å². The molecule has 2 rings (SSSR count). The minimum absolute atomic E-state index is 0.0838. The van der Waals surface area contributed by atoms with Crippen LogP contribution in [0.3, 0.4) is 0 Å². The maximum absolute atomic E-state index is 14.4. The third kappa shape index (κ3) is 6.04. The average molecular weight is 446 g/mol. The molecule has 0 nitrogen and oxygen atoms in total. The summed E-state index contributed by atoms with van der Waals surface area (Å²) in [6.07, 6.45) is -8.90. The van der Waals surface area contributed by atoms with Crippen molar-refractivity contribution in [3.05, 3.63) is 47.0 Å². The van der Waals surface area contributed by atoms with Gasteiger partial charge in [-0.1, -0.05) is 12.1 Å². The summed E-state index contributed by atoms with van der Waals surface area (Å²) in [5.41, 5.74) is 0.0362. The number of benzene rings is 2. The Morgan fingerprint density at radius 1 is 0.750 bits per heavy atom. The van der Waals surface area contributed by atoms with Gasteiger partial charge in [0.15, 0.2) is 11.6 Å². The summed E-state index contributed by atoms with van der Waals surface area (Å²) >= 11 is 0.820. The van der Waals surface area contributed by atoms with Gasteiger partial charge in [0.2, 0.25) is 0 Å². The molecule has 28 heavy (non-hydrogen) atoms. The van der Waals surface area contributed by atoms with Crippen LogP contribution in [0.2, 0.25) is 0 Å². The maximum atomic E-state index is 14.4. The summed E-state index contributed by atoms with van der Waals surface area (Å²) in [6.45, 7) is 2.74. The molecule has 0 aliphatic rings. The lowest BCUT2D eigenvalue weighted by atomic mass is 10.0. The highest BCUT2D eigenvalue weighted by Gasteiger charge is 2.29. The zero-order valence-electron chi connectivity index (χ0n) is 14.6. The van der Waals surface area contributed by atoms with Gasteiger partial charge in [0.1, 0.15) is 0 Å². The van der Waals surface area contributed by atoms with Gasteiger partial charge in [-0.15, -0.1) is 23.5 Å². The molecule has 2 aromatic carbocycles. The van der Waals surface area contributed by atoms with E-state index in [1.165, 1.54) is 25.1 Å². The lowest BCUT2D eigenvalue weighted by Gasteiger charge is -2.15. The second kappa shape index (κ2) is 8.52. The molecule has 0 aliphatic heterocycles. The molecule has 0 atom stereocenters. The van der Waals surface area contributed by atoms with Crippen molar-refractivity contribution in [2.24, 2.45) is 0 Å². The van der Waals surface area contributed by atoms with Crippen LogP contribution in [0, 0.1) is 25.5 Å². The highest BCUT2D eigenvalue weighted by atomic mass is 32.2. The quantitative estimate of drug-likeness (QED) is 0.343. The van der Waals surface area contributed by atoms with Crippen molar-refractivity contribution in [2.45, 2.75) is 36.0 Å². The third-order valence-electron chi connectivity index (χ3n) is 3.69. The van der Waals surface area contributed by atoms with Crippen LogP contribution in [0.25, 0.3) is 11.1 Å². The van der Waals surface area contributed by atoms with Crippen LogP contribution in [-0.2, 0) is 0 Å². The minimum atomic E-state index is -4.49. The molecule has 0 saturated carbocycles. The number of hydrogen-bond donors (Lipinski definition) is 0. The monoisotopic (exact) mass is 446 g/mol. The second-order valence-corrected chi connectivity index (χ2v) is 8.00. The number of hydrogen-bond acceptors (Lipinski definition) is 2. The number of halogens is 8. The highest BCUT2D eigenvalue weighted by Crippen LogP contribution is 2.38. The van der Waals surface area contributed by atoms with Gasteiger partial charge < -0.3 is 0 Å². The fourth-order valence-corrected chi connectivity index (χ4v) is 3.95. The molecule has 0 amide bonds. The predicted molar refractivity (Wildman–Crippen MR) is 94.8 cm³/mol. The molecule has 0 saturated heterocycles. The summed E-state index contributed by atoms with van der Waals surface area (Å²) in [5.74, 6) is -4.98. The first-order chi connectivity index (χ1) is 12.8. The van der Waals surface area contributed by atoms with E-state index in [0.29, 0.717) is 29.1 Å². The van der Waals surface area contributed by atoms with Crippen molar-refractivity contribution in [3.63, 3.8) is 0 Å². The van der Waals surface area contributed by atoms with E-state index in [1.54, 1.807) is 6.92 Å². The van der Waals surface area contributed by atoms with Crippen molar-refractivity contribution < 1.29 is 35.1 Å². The SMILES string of the molecule is Cc1ccc(-c2cc(SCC(F)(F)F)c(C)c(F)c2F)cc1SCC(F)(F)F. The van der Waals surface area contributed by atoms with Crippen LogP contribution >= 0.6 is 23.5 Å². The molecule has 0 heterocycles. The Hall–Kier alpha value is -1.42. The van der Waals surface area contributed by atoms with Crippen LogP contribution in [0.1, 0.15) is 11.1 Å². The van der Waals surface area contributed by atoms with Gasteiger partial charge in [0.05, 0.1) is 11.5 Å². The summed E-state index contributed by atoms with van der Waals surface area (Å²) in [7, 11) is 0. The molecule has 0 spiro atoms. The molecular formula is C18H14F8S2. The van der Waals surface area contributed by atoms with Crippen LogP contribution in [0.15, 0.2) is 34.1 Å². The number of aryl methyl sites for hydroxylation is 1. The van der Waals surface area contributed by atoms with E-state index in [9.17, 15) is 35.1 Å². The minimum Gasteiger partial charge on any atom is -0.203 e. The second-order valence-electron chi connectivity index (χ2n) is 5.96. The molecule has 0 radical (unpaired) electrons. The smallest absolute Gasteiger partial charge is 0.203 e. The molecule has 0 bridgehead atoms. The first-order valence-electron chi connectivity index (χ1n) is 7.77. The van der Waals surface area contributed by atoms with Crippen molar-refractivity contribution in [2.75, 3.05) is 11.5 Å². The Labute approximate surface area is 164 Å². The zero-order chi connectivity index (χ0) is 21.3. The normalized spacial score (nSPS) is 12.5. The Bertz CT molecular complexity index is 856. The standard InChI is InChI=1S/C18H14F8S2/c1-9-3-4-11(5-13(9)27-7-17(21,22)23)12-6-14(28-8-18(24,25)26)10(2)15(19)16(12)20/h3-6H,7-8H2,1-2H3. The maximum Gasteiger partial charge on any atom is 0.398 e. The van der Waals surface area contributed by atoms with Crippen LogP contribution in [0.4, 0.5) is 35.1 Å². The number of alkyl halides is 6. The summed E-state index contributed by atoms with van der Waals surface area (Å²) in [5, 5.41) is 0. The molecule has 0 unspecified atom stereocenters. The summed E-state index contributed by atoms with van der Waals surface area (Å²) in [6, 6.07) is 5.20. The Morgan fingerprint density at radius 3 is 1.82 bits per heavy atom. The van der Waals surface area contributed by atoms with E-state index in [0.717, 1.165) is 6.07 Å². The zero-order valence-corrected chi connectivity index (χ0v) is 16.2. The molecule has 0 N–H and O–H groups in total. The van der Waals surface area contributed by atoms with Crippen molar-refractivity contribution in [1.82, 2.24) is 0 Å². The Morgan fingerprint density at radius 2 is 1.29 bits per heavy atom. The van der Waals surface area contributed by atoms with E-state index in [4.69, 9.17) is 0 Å². The lowest BCUT2D eigenvalue weighted by Crippen LogP contribution is -2.11. The highest BCUT2D eigenvalue weighted by molar-refractivity contribution is 7.99. The summed E-state index contributed by atoms with van der Waals surface area (Å²) < 4.78 is 103. The van der Waals surface area contributed by atoms with E-state index >= 15 is 0 Å². The van der Waals surface area contributed by atoms with Gasteiger partial charge in [-0.3, -0.25) is 0 Å². The third-order valence-corrected chi connectivity index (χ3v) is 6.11. The fourth-order valence-electron chi connectivity index (χ4n) is 2.30. The van der Waals surface area contributed by atoms with Crippen molar-refractivity contribution >= 4 is 23.5 Å². The van der Waals surface area contributed by atoms with Gasteiger partial charge in [-0.2, -0.15) is 26.3 Å². The number of rotatable bonds is 5. The lowest BCUT2D eigenvalue weighted by molar-refractivity contribution is -0.106. The predicted octanol–water partition coefficient (Wildman–Crippen LogP) is 7.56. The van der Waals surface area contributed by atoms with Crippen molar-refractivity contribution in [3.8, 4) is 11.1 Å². The molecule has 10 heteroatoms. The average Bonchev–Trinajstić information content (AvgIpc) is 2.57. The molecule has 0 fully saturated rings. The van der Waals surface area contributed by atoms with Crippen molar-refractivity contribution in [1.29, 1.82) is 0 Å². The van der Waals surface area contributed by atoms with E-state index < -0.39 is 35.5 Å². The van der Waals surface area contributed by atoms with Gasteiger partial charge in [0, 0.05) is 20.9 Å². The van der Waals surface area contributed by atoms with Crippen LogP contribution in [0.5, 0.6) is 0 Å². The molecular weight excluding hydrogens is 432 g/mol. The topological polar surface area (TPSA) is 0 Å². The van der Waals surface area contributed by atoms with Crippen LogP contribution in [-0.4, -0.2) is 23.9 Å². The van der Waals surface area contributed by atoms with Gasteiger partial charge in [-0.05, 0) is 37.1 Å². The molecule has 2 aromatic rings. The van der Waals surface area contributed by atoms with E-state index in [-0.39, 0.29) is 26.5 Å². The van der Waals surface area contributed by atoms with Crippen LogP contribution < -0.4 is 0 Å². The Kier molecular flexibility index (Phi) is 6.96. The van der Waals surface area contributed by atoms with E-state index in [1.807, 2.05) is 0 Å². The van der Waals surface area contributed by atoms with Gasteiger partial charge in [0.25, 0.3) is 0 Å². The van der Waals surface area contributed by atoms with Gasteiger partial charge >= 0.3 is 12.4 Å². The first-order valence-corrected chi connectivity index (χ1v) is 9.74. The largest absolute Gasteiger partial charge is 0.398 e. The first kappa shape index (κ1) is 22.9. The summed E-state index contributed by atoms with van der Waals surface area (Å²) in [4.78, 5) is 0.135. The van der Waals surface area contributed by atoms with Gasteiger partial charge in [-0.25, -0.2) is 8.78 Å².